The first-order valence-corrected chi connectivity index (χ1v) is 10.4. The van der Waals surface area contributed by atoms with Gasteiger partial charge in [-0.3, -0.25) is 9.69 Å². The van der Waals surface area contributed by atoms with Gasteiger partial charge < -0.3 is 9.84 Å². The summed E-state index contributed by atoms with van der Waals surface area (Å²) in [6, 6.07) is 19.8. The van der Waals surface area contributed by atoms with Crippen LogP contribution in [0.4, 0.5) is 18.9 Å². The number of hydrogen-bond acceptors (Lipinski definition) is 3. The lowest BCUT2D eigenvalue weighted by Crippen LogP contribution is -2.36. The average molecular weight is 471 g/mol. The van der Waals surface area contributed by atoms with E-state index in [-0.39, 0.29) is 12.0 Å². The van der Waals surface area contributed by atoms with E-state index in [1.807, 2.05) is 12.1 Å². The van der Waals surface area contributed by atoms with Gasteiger partial charge in [-0.25, -0.2) is 4.79 Å². The van der Waals surface area contributed by atoms with Crippen molar-refractivity contribution in [1.82, 2.24) is 0 Å². The van der Waals surface area contributed by atoms with Crippen LogP contribution in [0.15, 0.2) is 72.8 Å². The first kappa shape index (κ1) is 24.8. The van der Waals surface area contributed by atoms with Gasteiger partial charge in [-0.15, -0.1) is 13.2 Å². The monoisotopic (exact) mass is 471 g/mol. The normalized spacial score (nSPS) is 11.7. The Hall–Kier alpha value is -3.81. The predicted octanol–water partition coefficient (Wildman–Crippen LogP) is 6.17. The molecule has 0 aliphatic rings. The molecule has 0 fully saturated rings. The lowest BCUT2D eigenvalue weighted by molar-refractivity contribution is -0.274. The molecule has 0 atom stereocenters. The van der Waals surface area contributed by atoms with Gasteiger partial charge in [0, 0.05) is 5.69 Å². The summed E-state index contributed by atoms with van der Waals surface area (Å²) in [7, 11) is 0. The van der Waals surface area contributed by atoms with E-state index in [4.69, 9.17) is 0 Å². The van der Waals surface area contributed by atoms with Gasteiger partial charge in [-0.2, -0.15) is 0 Å². The van der Waals surface area contributed by atoms with E-state index in [0.29, 0.717) is 11.3 Å². The highest BCUT2D eigenvalue weighted by molar-refractivity contribution is 6.37. The number of alkyl halides is 3. The van der Waals surface area contributed by atoms with Crippen LogP contribution in [0.3, 0.4) is 0 Å². The summed E-state index contributed by atoms with van der Waals surface area (Å²) < 4.78 is 40.9. The molecule has 0 saturated heterocycles. The van der Waals surface area contributed by atoms with Crippen molar-refractivity contribution in [2.45, 2.75) is 39.1 Å². The Bertz CT molecular complexity index is 1150. The number of ether oxygens (including phenoxy) is 1. The zero-order valence-electron chi connectivity index (χ0n) is 18.9. The van der Waals surface area contributed by atoms with Gasteiger partial charge in [-0.1, -0.05) is 69.3 Å². The molecule has 34 heavy (non-hydrogen) atoms. The van der Waals surface area contributed by atoms with Crippen LogP contribution >= 0.6 is 0 Å². The standard InChI is InChI=1S/C26H24F3NO4/c1-25(2,3)20-10-6-18(7-11-20)19-8-12-21(13-9-19)30(23(31)24(32)33)16-17-4-14-22(15-5-17)34-26(27,28)29/h4-15H,16H2,1-3H3,(H,32,33). The third kappa shape index (κ3) is 6.37. The van der Waals surface area contributed by atoms with Crippen molar-refractivity contribution < 1.29 is 32.6 Å². The third-order valence-corrected chi connectivity index (χ3v) is 5.19. The molecule has 3 rings (SSSR count). The molecule has 3 aromatic rings. The zero-order valence-corrected chi connectivity index (χ0v) is 18.9. The maximum absolute atomic E-state index is 12.4. The highest BCUT2D eigenvalue weighted by atomic mass is 19.4. The van der Waals surface area contributed by atoms with E-state index in [9.17, 15) is 27.9 Å². The number of rotatable bonds is 5. The number of aliphatic carboxylic acids is 1. The Morgan fingerprint density at radius 3 is 1.76 bits per heavy atom. The van der Waals surface area contributed by atoms with Crippen molar-refractivity contribution in [2.24, 2.45) is 0 Å². The Labute approximate surface area is 195 Å². The molecule has 0 aromatic heterocycles. The molecule has 3 aromatic carbocycles. The van der Waals surface area contributed by atoms with Gasteiger partial charge in [0.1, 0.15) is 5.75 Å². The fraction of sp³-hybridized carbons (Fsp3) is 0.231. The molecule has 0 aliphatic heterocycles. The summed E-state index contributed by atoms with van der Waals surface area (Å²) in [5, 5.41) is 9.25. The summed E-state index contributed by atoms with van der Waals surface area (Å²) in [6.45, 7) is 6.24. The number of anilines is 1. The number of benzene rings is 3. The van der Waals surface area contributed by atoms with Crippen LogP contribution in [0.2, 0.25) is 0 Å². The minimum absolute atomic E-state index is 0.0250. The van der Waals surface area contributed by atoms with Gasteiger partial charge in [0.15, 0.2) is 0 Å². The minimum atomic E-state index is -4.82. The first-order valence-electron chi connectivity index (χ1n) is 10.4. The molecule has 1 N–H and O–H groups in total. The smallest absolute Gasteiger partial charge is 0.474 e. The molecule has 0 saturated carbocycles. The highest BCUT2D eigenvalue weighted by Crippen LogP contribution is 2.29. The third-order valence-electron chi connectivity index (χ3n) is 5.19. The minimum Gasteiger partial charge on any atom is -0.474 e. The van der Waals surface area contributed by atoms with Crippen molar-refractivity contribution in [1.29, 1.82) is 0 Å². The number of nitrogens with zero attached hydrogens (tertiary/aromatic N) is 1. The van der Waals surface area contributed by atoms with E-state index in [0.717, 1.165) is 28.2 Å². The molecular weight excluding hydrogens is 447 g/mol. The van der Waals surface area contributed by atoms with Crippen LogP contribution in [0, 0.1) is 0 Å². The fourth-order valence-electron chi connectivity index (χ4n) is 3.37. The average Bonchev–Trinajstić information content (AvgIpc) is 2.77. The van der Waals surface area contributed by atoms with E-state index < -0.39 is 24.0 Å². The topological polar surface area (TPSA) is 66.8 Å². The molecule has 0 radical (unpaired) electrons. The van der Waals surface area contributed by atoms with Gasteiger partial charge >= 0.3 is 18.2 Å². The van der Waals surface area contributed by atoms with Crippen molar-refractivity contribution in [2.75, 3.05) is 4.90 Å². The molecule has 5 nitrogen and oxygen atoms in total. The molecule has 0 bridgehead atoms. The summed E-state index contributed by atoms with van der Waals surface area (Å²) in [6.07, 6.45) is -4.82. The molecule has 0 spiro atoms. The van der Waals surface area contributed by atoms with Crippen LogP contribution in [0.5, 0.6) is 5.75 Å². The van der Waals surface area contributed by atoms with Crippen LogP contribution in [-0.2, 0) is 21.5 Å². The van der Waals surface area contributed by atoms with Gasteiger partial charge in [0.05, 0.1) is 6.54 Å². The number of carbonyl (C=O) groups excluding carboxylic acids is 1. The largest absolute Gasteiger partial charge is 0.573 e. The Morgan fingerprint density at radius 1 is 0.824 bits per heavy atom. The molecule has 0 heterocycles. The number of hydrogen-bond donors (Lipinski definition) is 1. The molecule has 0 aliphatic carbocycles. The SMILES string of the molecule is CC(C)(C)c1ccc(-c2ccc(N(Cc3ccc(OC(F)(F)F)cc3)C(=O)C(=O)O)cc2)cc1. The molecule has 8 heteroatoms. The van der Waals surface area contributed by atoms with E-state index in [2.05, 4.69) is 37.6 Å². The molecule has 1 amide bonds. The maximum atomic E-state index is 12.4. The van der Waals surface area contributed by atoms with Gasteiger partial charge in [0.2, 0.25) is 0 Å². The second-order valence-corrected chi connectivity index (χ2v) is 8.76. The van der Waals surface area contributed by atoms with Crippen molar-refractivity contribution >= 4 is 17.6 Å². The predicted molar refractivity (Wildman–Crippen MR) is 123 cm³/mol. The van der Waals surface area contributed by atoms with Crippen LogP contribution in [0.25, 0.3) is 11.1 Å². The maximum Gasteiger partial charge on any atom is 0.573 e. The molecule has 178 valence electrons. The number of carbonyl (C=O) groups is 2. The van der Waals surface area contributed by atoms with E-state index in [1.165, 1.54) is 17.7 Å². The molecular formula is C26H24F3NO4. The quantitative estimate of drug-likeness (QED) is 0.452. The summed E-state index contributed by atoms with van der Waals surface area (Å²) in [5.74, 6) is -3.20. The van der Waals surface area contributed by atoms with Crippen LogP contribution in [0.1, 0.15) is 31.9 Å². The summed E-state index contributed by atoms with van der Waals surface area (Å²) >= 11 is 0. The van der Waals surface area contributed by atoms with Crippen molar-refractivity contribution in [3.05, 3.63) is 83.9 Å². The van der Waals surface area contributed by atoms with E-state index in [1.54, 1.807) is 24.3 Å². The highest BCUT2D eigenvalue weighted by Gasteiger charge is 2.31. The Balaban J connectivity index is 1.83. The van der Waals surface area contributed by atoms with Gasteiger partial charge in [0.25, 0.3) is 0 Å². The van der Waals surface area contributed by atoms with Gasteiger partial charge in [-0.05, 0) is 51.9 Å². The second kappa shape index (κ2) is 9.59. The lowest BCUT2D eigenvalue weighted by Gasteiger charge is -2.22. The number of carboxylic acids is 1. The zero-order chi connectivity index (χ0) is 25.1. The Kier molecular flexibility index (Phi) is 7.00. The Morgan fingerprint density at radius 2 is 1.32 bits per heavy atom. The number of halogens is 3. The van der Waals surface area contributed by atoms with Crippen LogP contribution in [-0.4, -0.2) is 23.3 Å². The number of carboxylic acid groups (broad SMARTS) is 1. The van der Waals surface area contributed by atoms with Crippen molar-refractivity contribution in [3.8, 4) is 16.9 Å². The lowest BCUT2D eigenvalue weighted by atomic mass is 9.86. The second-order valence-electron chi connectivity index (χ2n) is 8.76. The van der Waals surface area contributed by atoms with Crippen LogP contribution < -0.4 is 9.64 Å². The van der Waals surface area contributed by atoms with Crippen molar-refractivity contribution in [3.63, 3.8) is 0 Å². The first-order chi connectivity index (χ1) is 15.8. The molecule has 0 unspecified atom stereocenters. The fourth-order valence-corrected chi connectivity index (χ4v) is 3.37. The number of amides is 1. The summed E-state index contributed by atoms with van der Waals surface area (Å²) in [5.41, 5.74) is 3.86. The summed E-state index contributed by atoms with van der Waals surface area (Å²) in [4.78, 5) is 24.8. The van der Waals surface area contributed by atoms with E-state index >= 15 is 0 Å².